The van der Waals surface area contributed by atoms with Gasteiger partial charge in [0.1, 0.15) is 0 Å². The Bertz CT molecular complexity index is 467. The highest BCUT2D eigenvalue weighted by molar-refractivity contribution is 7.07. The third-order valence-electron chi connectivity index (χ3n) is 2.45. The number of rotatable bonds is 4. The van der Waals surface area contributed by atoms with E-state index in [2.05, 4.69) is 5.32 Å². The normalized spacial score (nSPS) is 12.4. The van der Waals surface area contributed by atoms with Crippen LogP contribution in [0.25, 0.3) is 0 Å². The van der Waals surface area contributed by atoms with E-state index in [9.17, 15) is 5.11 Å². The van der Waals surface area contributed by atoms with Crippen LogP contribution in [0.3, 0.4) is 0 Å². The molecule has 5 heteroatoms. The van der Waals surface area contributed by atoms with Crippen molar-refractivity contribution in [3.8, 4) is 0 Å². The number of nitrogens with two attached hydrogens (primary N) is 1. The Morgan fingerprint density at radius 3 is 2.88 bits per heavy atom. The molecule has 4 N–H and O–H groups in total. The van der Waals surface area contributed by atoms with Gasteiger partial charge in [-0.05, 0) is 34.5 Å². The highest BCUT2D eigenvalue weighted by atomic mass is 35.5. The van der Waals surface area contributed by atoms with Gasteiger partial charge in [0, 0.05) is 6.54 Å². The molecule has 17 heavy (non-hydrogen) atoms. The van der Waals surface area contributed by atoms with Crippen LogP contribution in [0, 0.1) is 0 Å². The molecule has 0 saturated heterocycles. The highest BCUT2D eigenvalue weighted by Gasteiger charge is 2.10. The van der Waals surface area contributed by atoms with Gasteiger partial charge in [-0.15, -0.1) is 0 Å². The van der Waals surface area contributed by atoms with E-state index in [0.717, 1.165) is 5.56 Å². The minimum Gasteiger partial charge on any atom is -0.397 e. The monoisotopic (exact) mass is 268 g/mol. The van der Waals surface area contributed by atoms with Crippen LogP contribution in [0.5, 0.6) is 0 Å². The molecular weight excluding hydrogens is 256 g/mol. The zero-order valence-corrected chi connectivity index (χ0v) is 10.6. The van der Waals surface area contributed by atoms with Crippen molar-refractivity contribution in [2.24, 2.45) is 0 Å². The molecule has 90 valence electrons. The highest BCUT2D eigenvalue weighted by Crippen LogP contribution is 2.28. The van der Waals surface area contributed by atoms with E-state index in [1.807, 2.05) is 16.8 Å². The van der Waals surface area contributed by atoms with Crippen LogP contribution in [0.4, 0.5) is 11.4 Å². The summed E-state index contributed by atoms with van der Waals surface area (Å²) in [5, 5.41) is 17.4. The van der Waals surface area contributed by atoms with Crippen molar-refractivity contribution in [3.63, 3.8) is 0 Å². The predicted octanol–water partition coefficient (Wildman–Crippen LogP) is 3.13. The summed E-state index contributed by atoms with van der Waals surface area (Å²) in [4.78, 5) is 0. The molecule has 0 amide bonds. The van der Waals surface area contributed by atoms with Gasteiger partial charge in [-0.1, -0.05) is 17.7 Å². The molecule has 1 aromatic carbocycles. The molecule has 0 spiro atoms. The Hall–Kier alpha value is -1.23. The second-order valence-corrected chi connectivity index (χ2v) is 4.84. The number of anilines is 2. The lowest BCUT2D eigenvalue weighted by atomic mass is 10.2. The zero-order chi connectivity index (χ0) is 12.3. The van der Waals surface area contributed by atoms with Gasteiger partial charge in [0.25, 0.3) is 0 Å². The predicted molar refractivity (Wildman–Crippen MR) is 73.6 cm³/mol. The smallest absolute Gasteiger partial charge is 0.0970 e. The molecule has 1 unspecified atom stereocenters. The van der Waals surface area contributed by atoms with Crippen LogP contribution in [-0.4, -0.2) is 11.7 Å². The molecule has 0 aliphatic rings. The average molecular weight is 269 g/mol. The van der Waals surface area contributed by atoms with Crippen LogP contribution in [-0.2, 0) is 0 Å². The summed E-state index contributed by atoms with van der Waals surface area (Å²) in [5.74, 6) is 0. The maximum Gasteiger partial charge on any atom is 0.0970 e. The largest absolute Gasteiger partial charge is 0.397 e. The molecule has 0 fully saturated rings. The second-order valence-electron chi connectivity index (χ2n) is 3.66. The van der Waals surface area contributed by atoms with E-state index in [-0.39, 0.29) is 0 Å². The fraction of sp³-hybridized carbons (Fsp3) is 0.167. The number of nitrogen functional groups attached to an aromatic ring is 1. The molecule has 1 heterocycles. The Morgan fingerprint density at radius 2 is 2.24 bits per heavy atom. The molecule has 2 rings (SSSR count). The van der Waals surface area contributed by atoms with Crippen molar-refractivity contribution in [1.82, 2.24) is 0 Å². The van der Waals surface area contributed by atoms with Crippen molar-refractivity contribution in [2.75, 3.05) is 17.6 Å². The summed E-state index contributed by atoms with van der Waals surface area (Å²) >= 11 is 7.57. The SMILES string of the molecule is Nc1cccc(Cl)c1NCC(O)c1ccsc1. The van der Waals surface area contributed by atoms with Gasteiger partial charge in [0.2, 0.25) is 0 Å². The van der Waals surface area contributed by atoms with Gasteiger partial charge in [0.15, 0.2) is 0 Å². The zero-order valence-electron chi connectivity index (χ0n) is 9.06. The average Bonchev–Trinajstić information content (AvgIpc) is 2.81. The molecular formula is C12H13ClN2OS. The fourth-order valence-corrected chi connectivity index (χ4v) is 2.46. The summed E-state index contributed by atoms with van der Waals surface area (Å²) in [6.07, 6.45) is -0.558. The van der Waals surface area contributed by atoms with E-state index in [1.165, 1.54) is 0 Å². The number of benzene rings is 1. The number of para-hydroxylation sites is 1. The molecule has 1 aromatic heterocycles. The molecule has 0 aliphatic heterocycles. The lowest BCUT2D eigenvalue weighted by Crippen LogP contribution is -2.12. The summed E-state index contributed by atoms with van der Waals surface area (Å²) < 4.78 is 0. The fourth-order valence-electron chi connectivity index (χ4n) is 1.51. The topological polar surface area (TPSA) is 58.3 Å². The maximum absolute atomic E-state index is 9.91. The van der Waals surface area contributed by atoms with Crippen molar-refractivity contribution in [3.05, 3.63) is 45.6 Å². The number of thiophene rings is 1. The Morgan fingerprint density at radius 1 is 1.41 bits per heavy atom. The molecule has 3 nitrogen and oxygen atoms in total. The quantitative estimate of drug-likeness (QED) is 0.747. The summed E-state index contributed by atoms with van der Waals surface area (Å²) in [5.41, 5.74) is 7.94. The number of nitrogens with one attached hydrogen (secondary N) is 1. The van der Waals surface area contributed by atoms with E-state index >= 15 is 0 Å². The molecule has 2 aromatic rings. The molecule has 0 aliphatic carbocycles. The number of hydrogen-bond donors (Lipinski definition) is 3. The first kappa shape index (κ1) is 12.2. The Balaban J connectivity index is 2.03. The van der Waals surface area contributed by atoms with Crippen molar-refractivity contribution in [1.29, 1.82) is 0 Å². The number of aliphatic hydroxyl groups excluding tert-OH is 1. The molecule has 1 atom stereocenters. The van der Waals surface area contributed by atoms with Gasteiger partial charge in [0.05, 0.1) is 22.5 Å². The number of halogens is 1. The van der Waals surface area contributed by atoms with E-state index < -0.39 is 6.10 Å². The number of aliphatic hydroxyl groups is 1. The minimum absolute atomic E-state index is 0.380. The Kier molecular flexibility index (Phi) is 3.89. The van der Waals surface area contributed by atoms with Crippen molar-refractivity contribution in [2.45, 2.75) is 6.10 Å². The van der Waals surface area contributed by atoms with Gasteiger partial charge in [-0.25, -0.2) is 0 Å². The van der Waals surface area contributed by atoms with E-state index in [1.54, 1.807) is 29.5 Å². The van der Waals surface area contributed by atoms with Gasteiger partial charge < -0.3 is 16.2 Å². The summed E-state index contributed by atoms with van der Waals surface area (Å²) in [6, 6.07) is 7.22. The third kappa shape index (κ3) is 2.91. The first-order valence-corrected chi connectivity index (χ1v) is 6.48. The third-order valence-corrected chi connectivity index (χ3v) is 3.46. The number of hydrogen-bond acceptors (Lipinski definition) is 4. The van der Waals surface area contributed by atoms with Crippen LogP contribution < -0.4 is 11.1 Å². The first-order chi connectivity index (χ1) is 8.18. The van der Waals surface area contributed by atoms with Crippen molar-refractivity contribution >= 4 is 34.3 Å². The van der Waals surface area contributed by atoms with Gasteiger partial charge >= 0.3 is 0 Å². The lowest BCUT2D eigenvalue weighted by molar-refractivity contribution is 0.192. The van der Waals surface area contributed by atoms with E-state index in [0.29, 0.717) is 22.9 Å². The second kappa shape index (κ2) is 5.40. The first-order valence-electron chi connectivity index (χ1n) is 5.16. The standard InChI is InChI=1S/C12H13ClN2OS/c13-9-2-1-3-10(14)12(9)15-6-11(16)8-4-5-17-7-8/h1-5,7,11,15-16H,6,14H2. The molecule has 0 radical (unpaired) electrons. The van der Waals surface area contributed by atoms with Crippen LogP contribution in [0.1, 0.15) is 11.7 Å². The van der Waals surface area contributed by atoms with Gasteiger partial charge in [-0.2, -0.15) is 11.3 Å². The minimum atomic E-state index is -0.558. The van der Waals surface area contributed by atoms with Gasteiger partial charge in [-0.3, -0.25) is 0 Å². The van der Waals surface area contributed by atoms with Crippen LogP contribution >= 0.6 is 22.9 Å². The maximum atomic E-state index is 9.91. The van der Waals surface area contributed by atoms with Crippen molar-refractivity contribution < 1.29 is 5.11 Å². The van der Waals surface area contributed by atoms with E-state index in [4.69, 9.17) is 17.3 Å². The Labute approximate surface area is 109 Å². The summed E-state index contributed by atoms with van der Waals surface area (Å²) in [6.45, 7) is 0.380. The summed E-state index contributed by atoms with van der Waals surface area (Å²) in [7, 11) is 0. The molecule has 0 bridgehead atoms. The van der Waals surface area contributed by atoms with Crippen LogP contribution in [0.15, 0.2) is 35.0 Å². The molecule has 0 saturated carbocycles. The van der Waals surface area contributed by atoms with Crippen LogP contribution in [0.2, 0.25) is 5.02 Å². The lowest BCUT2D eigenvalue weighted by Gasteiger charge is -2.14.